The fourth-order valence-electron chi connectivity index (χ4n) is 2.58. The minimum absolute atomic E-state index is 0.0416. The van der Waals surface area contributed by atoms with Crippen molar-refractivity contribution in [3.05, 3.63) is 47.4 Å². The maximum atomic E-state index is 12.5. The second-order valence-electron chi connectivity index (χ2n) is 5.47. The average Bonchev–Trinajstić information content (AvgIpc) is 3.21. The van der Waals surface area contributed by atoms with Gasteiger partial charge in [0.1, 0.15) is 5.76 Å². The molecule has 2 aromatic rings. The molecular weight excluding hydrogens is 266 g/mol. The van der Waals surface area contributed by atoms with Gasteiger partial charge in [-0.3, -0.25) is 9.78 Å². The molecule has 21 heavy (non-hydrogen) atoms. The van der Waals surface area contributed by atoms with E-state index in [1.165, 1.54) is 6.39 Å². The van der Waals surface area contributed by atoms with Crippen LogP contribution in [-0.2, 0) is 6.42 Å². The molecule has 1 unspecified atom stereocenters. The van der Waals surface area contributed by atoms with Crippen molar-refractivity contribution in [1.29, 1.82) is 0 Å². The summed E-state index contributed by atoms with van der Waals surface area (Å²) in [6.45, 7) is 3.97. The molecule has 1 amide bonds. The van der Waals surface area contributed by atoms with Gasteiger partial charge in [-0.2, -0.15) is 0 Å². The molecule has 0 radical (unpaired) electrons. The van der Waals surface area contributed by atoms with E-state index in [-0.39, 0.29) is 11.9 Å². The van der Waals surface area contributed by atoms with Crippen LogP contribution >= 0.6 is 0 Å². The number of hydrogen-bond acceptors (Lipinski definition) is 4. The predicted molar refractivity (Wildman–Crippen MR) is 77.8 cm³/mol. The number of rotatable bonds is 5. The lowest BCUT2D eigenvalue weighted by Gasteiger charge is -2.19. The number of amides is 1. The highest BCUT2D eigenvalue weighted by Crippen LogP contribution is 2.41. The molecule has 2 heterocycles. The second-order valence-corrected chi connectivity index (χ2v) is 5.47. The van der Waals surface area contributed by atoms with Crippen molar-refractivity contribution in [2.24, 2.45) is 5.92 Å². The van der Waals surface area contributed by atoms with Crippen molar-refractivity contribution in [2.75, 3.05) is 0 Å². The Hall–Kier alpha value is -2.17. The molecule has 110 valence electrons. The van der Waals surface area contributed by atoms with Gasteiger partial charge in [0.05, 0.1) is 11.7 Å². The van der Waals surface area contributed by atoms with Crippen molar-refractivity contribution >= 4 is 5.91 Å². The highest BCUT2D eigenvalue weighted by molar-refractivity contribution is 5.93. The lowest BCUT2D eigenvalue weighted by molar-refractivity contribution is 0.0924. The molecule has 0 spiro atoms. The van der Waals surface area contributed by atoms with Gasteiger partial charge in [0.25, 0.3) is 5.91 Å². The van der Waals surface area contributed by atoms with Crippen LogP contribution in [0.2, 0.25) is 0 Å². The number of aromatic nitrogens is 2. The van der Waals surface area contributed by atoms with Gasteiger partial charge >= 0.3 is 0 Å². The van der Waals surface area contributed by atoms with Crippen molar-refractivity contribution in [2.45, 2.75) is 39.2 Å². The van der Waals surface area contributed by atoms with Crippen LogP contribution in [0, 0.1) is 12.8 Å². The van der Waals surface area contributed by atoms with E-state index >= 15 is 0 Å². The first-order valence-corrected chi connectivity index (χ1v) is 7.35. The quantitative estimate of drug-likeness (QED) is 0.917. The predicted octanol–water partition coefficient (Wildman–Crippen LogP) is 2.82. The number of carbonyl (C=O) groups excluding carboxylic acids is 1. The summed E-state index contributed by atoms with van der Waals surface area (Å²) in [7, 11) is 0. The van der Waals surface area contributed by atoms with Crippen LogP contribution in [-0.4, -0.2) is 15.9 Å². The summed E-state index contributed by atoms with van der Waals surface area (Å²) in [6.07, 6.45) is 6.00. The van der Waals surface area contributed by atoms with E-state index in [9.17, 15) is 4.79 Å². The maximum Gasteiger partial charge on any atom is 0.274 e. The summed E-state index contributed by atoms with van der Waals surface area (Å²) in [5, 5.41) is 3.09. The fraction of sp³-hybridized carbons (Fsp3) is 0.438. The summed E-state index contributed by atoms with van der Waals surface area (Å²) in [5.41, 5.74) is 2.44. The zero-order chi connectivity index (χ0) is 14.8. The normalized spacial score (nSPS) is 15.7. The van der Waals surface area contributed by atoms with Crippen LogP contribution in [0.25, 0.3) is 0 Å². The van der Waals surface area contributed by atoms with Gasteiger partial charge in [-0.15, -0.1) is 0 Å². The topological polar surface area (TPSA) is 68.0 Å². The van der Waals surface area contributed by atoms with E-state index in [0.717, 1.165) is 24.1 Å². The van der Waals surface area contributed by atoms with Crippen LogP contribution in [0.15, 0.2) is 29.1 Å². The lowest BCUT2D eigenvalue weighted by atomic mass is 10.0. The molecule has 1 aliphatic carbocycles. The van der Waals surface area contributed by atoms with E-state index in [2.05, 4.69) is 15.3 Å². The number of hydrogen-bond donors (Lipinski definition) is 1. The molecule has 1 fully saturated rings. The van der Waals surface area contributed by atoms with Crippen molar-refractivity contribution in [3.63, 3.8) is 0 Å². The first-order valence-electron chi connectivity index (χ1n) is 7.35. The van der Waals surface area contributed by atoms with Gasteiger partial charge in [0, 0.05) is 12.6 Å². The number of oxazole rings is 1. The second kappa shape index (κ2) is 5.68. The molecule has 1 N–H and O–H groups in total. The molecule has 5 nitrogen and oxygen atoms in total. The van der Waals surface area contributed by atoms with Gasteiger partial charge in [-0.05, 0) is 37.3 Å². The van der Waals surface area contributed by atoms with Gasteiger partial charge < -0.3 is 9.73 Å². The first-order chi connectivity index (χ1) is 10.2. The lowest BCUT2D eigenvalue weighted by Crippen LogP contribution is -2.31. The molecule has 0 bridgehead atoms. The third kappa shape index (κ3) is 2.82. The molecule has 0 aliphatic heterocycles. The maximum absolute atomic E-state index is 12.5. The Morgan fingerprint density at radius 1 is 1.48 bits per heavy atom. The third-order valence-electron chi connectivity index (χ3n) is 3.90. The minimum atomic E-state index is -0.178. The molecule has 3 rings (SSSR count). The highest BCUT2D eigenvalue weighted by atomic mass is 16.3. The molecule has 5 heteroatoms. The SMILES string of the molecule is CCc1ocnc1C(=O)NC(c1ncccc1C)C1CC1. The van der Waals surface area contributed by atoms with Gasteiger partial charge in [-0.25, -0.2) is 4.98 Å². The average molecular weight is 285 g/mol. The first kappa shape index (κ1) is 13.8. The van der Waals surface area contributed by atoms with Crippen molar-refractivity contribution in [1.82, 2.24) is 15.3 Å². The Morgan fingerprint density at radius 3 is 2.95 bits per heavy atom. The van der Waals surface area contributed by atoms with E-state index in [0.29, 0.717) is 23.8 Å². The standard InChI is InChI=1S/C16H19N3O2/c1-3-12-15(18-9-21-12)16(20)19-14(11-6-7-11)13-10(2)5-4-8-17-13/h4-5,8-9,11,14H,3,6-7H2,1-2H3,(H,19,20). The van der Waals surface area contributed by atoms with E-state index in [1.807, 2.05) is 26.0 Å². The summed E-state index contributed by atoms with van der Waals surface area (Å²) in [5.74, 6) is 0.918. The summed E-state index contributed by atoms with van der Waals surface area (Å²) < 4.78 is 5.23. The Labute approximate surface area is 123 Å². The number of pyridine rings is 1. The molecule has 0 aromatic carbocycles. The van der Waals surface area contributed by atoms with Crippen LogP contribution in [0.5, 0.6) is 0 Å². The van der Waals surface area contributed by atoms with Crippen LogP contribution in [0.3, 0.4) is 0 Å². The summed E-state index contributed by atoms with van der Waals surface area (Å²) in [4.78, 5) is 20.9. The Balaban J connectivity index is 1.83. The van der Waals surface area contributed by atoms with Crippen molar-refractivity contribution in [3.8, 4) is 0 Å². The van der Waals surface area contributed by atoms with E-state index in [1.54, 1.807) is 6.20 Å². The highest BCUT2D eigenvalue weighted by Gasteiger charge is 2.35. The van der Waals surface area contributed by atoms with Gasteiger partial charge in [0.2, 0.25) is 0 Å². The Bertz CT molecular complexity index is 646. The molecule has 2 aromatic heterocycles. The van der Waals surface area contributed by atoms with Crippen molar-refractivity contribution < 1.29 is 9.21 Å². The van der Waals surface area contributed by atoms with Crippen LogP contribution in [0.4, 0.5) is 0 Å². The smallest absolute Gasteiger partial charge is 0.274 e. The minimum Gasteiger partial charge on any atom is -0.448 e. The number of carbonyl (C=O) groups is 1. The monoisotopic (exact) mass is 285 g/mol. The third-order valence-corrected chi connectivity index (χ3v) is 3.90. The van der Waals surface area contributed by atoms with Gasteiger partial charge in [-0.1, -0.05) is 13.0 Å². The van der Waals surface area contributed by atoms with E-state index < -0.39 is 0 Å². The Morgan fingerprint density at radius 2 is 2.29 bits per heavy atom. The number of nitrogens with zero attached hydrogens (tertiary/aromatic N) is 2. The molecule has 1 saturated carbocycles. The molecule has 1 atom stereocenters. The molecular formula is C16H19N3O2. The van der Waals surface area contributed by atoms with Crippen LogP contribution in [0.1, 0.15) is 53.3 Å². The summed E-state index contributed by atoms with van der Waals surface area (Å²) >= 11 is 0. The zero-order valence-corrected chi connectivity index (χ0v) is 12.3. The fourth-order valence-corrected chi connectivity index (χ4v) is 2.58. The molecule has 1 aliphatic rings. The Kier molecular flexibility index (Phi) is 3.73. The number of aryl methyl sites for hydroxylation is 2. The van der Waals surface area contributed by atoms with E-state index in [4.69, 9.17) is 4.42 Å². The number of nitrogens with one attached hydrogen (secondary N) is 1. The molecule has 0 saturated heterocycles. The largest absolute Gasteiger partial charge is 0.448 e. The van der Waals surface area contributed by atoms with Gasteiger partial charge in [0.15, 0.2) is 12.1 Å². The summed E-state index contributed by atoms with van der Waals surface area (Å²) in [6, 6.07) is 3.90. The zero-order valence-electron chi connectivity index (χ0n) is 12.3. The van der Waals surface area contributed by atoms with Crippen LogP contribution < -0.4 is 5.32 Å².